The van der Waals surface area contributed by atoms with Crippen molar-refractivity contribution in [1.29, 1.82) is 0 Å². The second kappa shape index (κ2) is 44.6. The summed E-state index contributed by atoms with van der Waals surface area (Å²) in [6, 6.07) is -1.01. The Morgan fingerprint density at radius 2 is 0.985 bits per heavy atom. The van der Waals surface area contributed by atoms with Crippen LogP contribution in [0.1, 0.15) is 265 Å². The van der Waals surface area contributed by atoms with Crippen LogP contribution in [0.15, 0.2) is 12.2 Å². The van der Waals surface area contributed by atoms with Crippen molar-refractivity contribution >= 4 is 11.9 Å². The van der Waals surface area contributed by atoms with Gasteiger partial charge in [-0.1, -0.05) is 245 Å². The van der Waals surface area contributed by atoms with Gasteiger partial charge in [-0.15, -0.1) is 0 Å². The van der Waals surface area contributed by atoms with E-state index in [1.54, 1.807) is 6.08 Å². The zero-order valence-electron chi connectivity index (χ0n) is 42.8. The van der Waals surface area contributed by atoms with Crippen LogP contribution < -0.4 is 5.32 Å². The maximum atomic E-state index is 13.3. The van der Waals surface area contributed by atoms with Crippen LogP contribution in [0.3, 0.4) is 0 Å². The molecule has 8 unspecified atom stereocenters. The van der Waals surface area contributed by atoms with E-state index in [1.807, 2.05) is 6.08 Å². The second-order valence-electron chi connectivity index (χ2n) is 19.7. The lowest BCUT2D eigenvalue weighted by molar-refractivity contribution is -0.305. The van der Waals surface area contributed by atoms with Crippen LogP contribution in [-0.4, -0.2) is 99.6 Å². The van der Waals surface area contributed by atoms with Crippen molar-refractivity contribution in [2.75, 3.05) is 13.2 Å². The van der Waals surface area contributed by atoms with Crippen molar-refractivity contribution in [3.05, 3.63) is 12.2 Å². The summed E-state index contributed by atoms with van der Waals surface area (Å²) in [6.07, 6.45) is 36.9. The van der Waals surface area contributed by atoms with Crippen molar-refractivity contribution in [3.8, 4) is 0 Å². The molecule has 0 aromatic carbocycles. The monoisotopic (exact) mass is 940 g/mol. The van der Waals surface area contributed by atoms with E-state index in [-0.39, 0.29) is 13.0 Å². The molecule has 0 aromatic heterocycles. The van der Waals surface area contributed by atoms with Gasteiger partial charge in [-0.2, -0.15) is 0 Å². The van der Waals surface area contributed by atoms with Gasteiger partial charge in [0, 0.05) is 6.42 Å². The van der Waals surface area contributed by atoms with Crippen LogP contribution in [0.5, 0.6) is 0 Å². The number of ether oxygens (including phenoxy) is 3. The van der Waals surface area contributed by atoms with E-state index in [9.17, 15) is 35.1 Å². The summed E-state index contributed by atoms with van der Waals surface area (Å²) in [7, 11) is 0. The van der Waals surface area contributed by atoms with Crippen molar-refractivity contribution < 1.29 is 49.3 Å². The number of carbonyl (C=O) groups is 2. The Morgan fingerprint density at radius 3 is 1.42 bits per heavy atom. The van der Waals surface area contributed by atoms with Crippen molar-refractivity contribution in [3.63, 3.8) is 0 Å². The molecule has 8 atom stereocenters. The Bertz CT molecular complexity index is 1130. The third kappa shape index (κ3) is 33.0. The summed E-state index contributed by atoms with van der Waals surface area (Å²) >= 11 is 0. The Morgan fingerprint density at radius 1 is 0.576 bits per heavy atom. The van der Waals surface area contributed by atoms with E-state index >= 15 is 0 Å². The first kappa shape index (κ1) is 62.4. The van der Waals surface area contributed by atoms with E-state index in [1.165, 1.54) is 161 Å². The molecule has 1 aliphatic rings. The minimum atomic E-state index is -1.60. The number of rotatable bonds is 47. The van der Waals surface area contributed by atoms with Gasteiger partial charge in [0.2, 0.25) is 5.91 Å². The van der Waals surface area contributed by atoms with Gasteiger partial charge in [-0.05, 0) is 25.7 Å². The molecule has 0 aliphatic carbocycles. The fraction of sp³-hybridized carbons (Fsp3) is 0.927. The van der Waals surface area contributed by atoms with Gasteiger partial charge in [-0.3, -0.25) is 9.59 Å². The Labute approximate surface area is 404 Å². The average Bonchev–Trinajstić information content (AvgIpc) is 3.31. The molecule has 6 N–H and O–H groups in total. The van der Waals surface area contributed by atoms with Gasteiger partial charge in [0.25, 0.3) is 0 Å². The summed E-state index contributed by atoms with van der Waals surface area (Å²) < 4.78 is 17.5. The molecular weight excluding hydrogens is 835 g/mol. The number of carbonyl (C=O) groups excluding carboxylic acids is 2. The van der Waals surface area contributed by atoms with Crippen LogP contribution in [-0.2, 0) is 23.8 Å². The van der Waals surface area contributed by atoms with Crippen molar-refractivity contribution in [1.82, 2.24) is 5.32 Å². The highest BCUT2D eigenvalue weighted by Crippen LogP contribution is 2.26. The molecule has 1 fully saturated rings. The highest BCUT2D eigenvalue weighted by atomic mass is 16.7. The highest BCUT2D eigenvalue weighted by molar-refractivity contribution is 5.80. The molecule has 0 aromatic rings. The minimum absolute atomic E-state index is 0.131. The number of amides is 1. The van der Waals surface area contributed by atoms with E-state index in [4.69, 9.17) is 14.2 Å². The summed E-state index contributed by atoms with van der Waals surface area (Å²) in [5.74, 6) is -1.18. The number of unbranched alkanes of at least 4 members (excludes halogenated alkanes) is 33. The SMILES string of the molecule is CCCCCCCCCCC/C=C/C(O)C(COC1OC(CO)C(O)C(O)C1OC(=O)CCCCCCCCCCCCCCCC)NC(=O)C(O)CCCCCCCCCCCCCC. The number of hydrogen-bond donors (Lipinski definition) is 6. The second-order valence-corrected chi connectivity index (χ2v) is 19.7. The van der Waals surface area contributed by atoms with Crippen molar-refractivity contribution in [2.24, 2.45) is 0 Å². The first-order chi connectivity index (χ1) is 32.2. The summed E-state index contributed by atoms with van der Waals surface area (Å²) in [5.41, 5.74) is 0. The lowest BCUT2D eigenvalue weighted by atomic mass is 9.99. The van der Waals surface area contributed by atoms with E-state index < -0.39 is 67.4 Å². The number of aliphatic hydroxyl groups is 5. The normalized spacial score (nSPS) is 20.2. The maximum Gasteiger partial charge on any atom is 0.306 e. The van der Waals surface area contributed by atoms with Gasteiger partial charge < -0.3 is 45.1 Å². The van der Waals surface area contributed by atoms with Gasteiger partial charge in [0.15, 0.2) is 12.4 Å². The number of aliphatic hydroxyl groups excluding tert-OH is 5. The van der Waals surface area contributed by atoms with Crippen LogP contribution in [0.2, 0.25) is 0 Å². The predicted molar refractivity (Wildman–Crippen MR) is 269 cm³/mol. The zero-order chi connectivity index (χ0) is 48.3. The Balaban J connectivity index is 2.73. The maximum absolute atomic E-state index is 13.3. The molecule has 66 heavy (non-hydrogen) atoms. The van der Waals surface area contributed by atoms with Crippen LogP contribution in [0.25, 0.3) is 0 Å². The molecule has 0 radical (unpaired) electrons. The quantitative estimate of drug-likeness (QED) is 0.0196. The molecule has 1 saturated heterocycles. The molecule has 11 nitrogen and oxygen atoms in total. The number of esters is 1. The van der Waals surface area contributed by atoms with Crippen LogP contribution in [0, 0.1) is 0 Å². The number of allylic oxidation sites excluding steroid dienone is 1. The third-order valence-electron chi connectivity index (χ3n) is 13.4. The first-order valence-corrected chi connectivity index (χ1v) is 28.0. The Hall–Kier alpha value is -1.60. The lowest BCUT2D eigenvalue weighted by Gasteiger charge is -2.41. The average molecular weight is 940 g/mol. The summed E-state index contributed by atoms with van der Waals surface area (Å²) in [4.78, 5) is 26.4. The van der Waals surface area contributed by atoms with Crippen LogP contribution >= 0.6 is 0 Å². The predicted octanol–water partition coefficient (Wildman–Crippen LogP) is 12.0. The molecule has 1 amide bonds. The number of hydrogen-bond acceptors (Lipinski definition) is 10. The van der Waals surface area contributed by atoms with Gasteiger partial charge >= 0.3 is 5.97 Å². The van der Waals surface area contributed by atoms with Gasteiger partial charge in [0.1, 0.15) is 24.4 Å². The smallest absolute Gasteiger partial charge is 0.306 e. The molecule has 0 bridgehead atoms. The highest BCUT2D eigenvalue weighted by Gasteiger charge is 2.47. The van der Waals surface area contributed by atoms with E-state index in [2.05, 4.69) is 26.1 Å². The fourth-order valence-corrected chi connectivity index (χ4v) is 8.95. The molecular formula is C55H105NO10. The van der Waals surface area contributed by atoms with Crippen LogP contribution in [0.4, 0.5) is 0 Å². The molecule has 1 heterocycles. The zero-order valence-corrected chi connectivity index (χ0v) is 42.8. The van der Waals surface area contributed by atoms with Gasteiger partial charge in [0.05, 0.1) is 25.4 Å². The molecule has 0 spiro atoms. The molecule has 11 heteroatoms. The minimum Gasteiger partial charge on any atom is -0.454 e. The van der Waals surface area contributed by atoms with Crippen molar-refractivity contribution in [2.45, 2.75) is 314 Å². The standard InChI is InChI=1S/C55H105NO10/c1-4-7-10-13-16-19-22-24-25-28-31-34-37-40-43-50(60)66-53-52(62)51(61)49(44-57)65-55(53)64-45-46(47(58)41-38-35-32-29-26-21-18-15-12-9-6-3)56-54(63)48(59)42-39-36-33-30-27-23-20-17-14-11-8-5-2/h38,41,46-49,51-53,55,57-59,61-62H,4-37,39-40,42-45H2,1-3H3,(H,56,63)/b41-38+. The fourth-order valence-electron chi connectivity index (χ4n) is 8.95. The third-order valence-corrected chi connectivity index (χ3v) is 13.4. The Kier molecular flexibility index (Phi) is 42.2. The van der Waals surface area contributed by atoms with E-state index in [0.717, 1.165) is 57.8 Å². The molecule has 390 valence electrons. The lowest BCUT2D eigenvalue weighted by Crippen LogP contribution is -2.61. The van der Waals surface area contributed by atoms with E-state index in [0.29, 0.717) is 19.3 Å². The first-order valence-electron chi connectivity index (χ1n) is 28.0. The van der Waals surface area contributed by atoms with Gasteiger partial charge in [-0.25, -0.2) is 0 Å². The molecule has 1 rings (SSSR count). The number of nitrogens with one attached hydrogen (secondary N) is 1. The summed E-state index contributed by atoms with van der Waals surface area (Å²) in [5, 5.41) is 56.7. The topological polar surface area (TPSA) is 175 Å². The molecule has 1 aliphatic heterocycles. The molecule has 0 saturated carbocycles. The largest absolute Gasteiger partial charge is 0.454 e. The summed E-state index contributed by atoms with van der Waals surface area (Å²) in [6.45, 7) is 5.77.